The van der Waals surface area contributed by atoms with Gasteiger partial charge in [-0.3, -0.25) is 0 Å². The van der Waals surface area contributed by atoms with Crippen LogP contribution >= 0.6 is 0 Å². The Labute approximate surface area is 142 Å². The molecule has 0 fully saturated rings. The molecule has 112 valence electrons. The minimum absolute atomic E-state index is 0. The first-order chi connectivity index (χ1) is 9.80. The Hall–Kier alpha value is -1.72. The van der Waals surface area contributed by atoms with E-state index in [4.69, 9.17) is 14.7 Å². The molecule has 0 saturated carbocycles. The third-order valence-corrected chi connectivity index (χ3v) is 2.54. The van der Waals surface area contributed by atoms with Crippen molar-refractivity contribution in [2.24, 2.45) is 0 Å². The Morgan fingerprint density at radius 3 is 2.23 bits per heavy atom. The molecule has 1 aromatic rings. The quantitative estimate of drug-likeness (QED) is 0.230. The molecule has 1 atom stereocenters. The van der Waals surface area contributed by atoms with Gasteiger partial charge in [0, 0.05) is 7.11 Å². The Morgan fingerprint density at radius 1 is 1.27 bits per heavy atom. The van der Waals surface area contributed by atoms with Crippen molar-refractivity contribution in [2.45, 2.75) is 32.5 Å². The zero-order valence-corrected chi connectivity index (χ0v) is 13.5. The van der Waals surface area contributed by atoms with Crippen LogP contribution in [0.5, 0.6) is 0 Å². The van der Waals surface area contributed by atoms with Gasteiger partial charge in [-0.1, -0.05) is 36.1 Å². The normalized spacial score (nSPS) is 13.2. The van der Waals surface area contributed by atoms with E-state index in [0.29, 0.717) is 5.56 Å². The van der Waals surface area contributed by atoms with Gasteiger partial charge in [0.25, 0.3) is 0 Å². The average Bonchev–Trinajstić information content (AvgIpc) is 2.39. The van der Waals surface area contributed by atoms with Gasteiger partial charge in [-0.15, -0.1) is 0 Å². The monoisotopic (exact) mass is 295 g/mol. The van der Waals surface area contributed by atoms with Crippen molar-refractivity contribution in [3.05, 3.63) is 47.2 Å². The zero-order chi connectivity index (χ0) is 16.0. The molecule has 6 heteroatoms. The zero-order valence-electron chi connectivity index (χ0n) is 13.5. The fraction of sp³-hybridized carbons (Fsp3) is 0.375. The van der Waals surface area contributed by atoms with Crippen molar-refractivity contribution < 1.29 is 38.2 Å². The van der Waals surface area contributed by atoms with Gasteiger partial charge in [0.05, 0.1) is 6.10 Å². The summed E-state index contributed by atoms with van der Waals surface area (Å²) in [6, 6.07) is 10.3. The first kappa shape index (κ1) is 20.3. The van der Waals surface area contributed by atoms with Crippen LogP contribution in [-0.4, -0.2) is 18.7 Å². The topological polar surface area (TPSA) is 82.4 Å². The summed E-state index contributed by atoms with van der Waals surface area (Å²) in [5.41, 5.74) is -0.781. The van der Waals surface area contributed by atoms with Crippen LogP contribution in [0.4, 0.5) is 0 Å². The van der Waals surface area contributed by atoms with Crippen LogP contribution in [0.1, 0.15) is 32.4 Å². The van der Waals surface area contributed by atoms with E-state index in [1.807, 2.05) is 0 Å². The third kappa shape index (κ3) is 5.58. The maximum atomic E-state index is 12.3. The summed E-state index contributed by atoms with van der Waals surface area (Å²) in [4.78, 5) is 11.9. The van der Waals surface area contributed by atoms with E-state index < -0.39 is 29.0 Å². The van der Waals surface area contributed by atoms with Crippen molar-refractivity contribution in [3.63, 3.8) is 0 Å². The number of carbonyl (C=O) groups is 1. The first-order valence-electron chi connectivity index (χ1n) is 6.42. The number of nitriles is 1. The number of methoxy groups -OCH3 is 1. The summed E-state index contributed by atoms with van der Waals surface area (Å²) >= 11 is 0. The van der Waals surface area contributed by atoms with Gasteiger partial charge in [0.15, 0.2) is 0 Å². The third-order valence-electron chi connectivity index (χ3n) is 2.54. The summed E-state index contributed by atoms with van der Waals surface area (Å²) in [7, 11) is 1.35. The standard InChI is InChI=1S/C16H19NO4.Li/c1-16(2,3)21-15(19)12(10-17)13(18)14(20-4)11-8-6-5-7-9-11;/h5-9,14,18H,1-4H3;/q;+1/p-1. The first-order valence-corrected chi connectivity index (χ1v) is 6.42. The molecule has 0 spiro atoms. The van der Waals surface area contributed by atoms with Crippen LogP contribution in [-0.2, 0) is 14.3 Å². The predicted octanol–water partition coefficient (Wildman–Crippen LogP) is -1.14. The van der Waals surface area contributed by atoms with E-state index in [2.05, 4.69) is 0 Å². The fourth-order valence-corrected chi connectivity index (χ4v) is 1.68. The Morgan fingerprint density at radius 2 is 1.82 bits per heavy atom. The fourth-order valence-electron chi connectivity index (χ4n) is 1.68. The molecule has 0 bridgehead atoms. The molecule has 22 heavy (non-hydrogen) atoms. The maximum Gasteiger partial charge on any atom is 1.00 e. The largest absolute Gasteiger partial charge is 1.00 e. The van der Waals surface area contributed by atoms with E-state index in [9.17, 15) is 9.90 Å². The Bertz CT molecular complexity index is 570. The molecule has 1 aromatic carbocycles. The number of carbonyl (C=O) groups excluding carboxylic acids is 1. The maximum absolute atomic E-state index is 12.3. The predicted molar refractivity (Wildman–Crippen MR) is 74.7 cm³/mol. The van der Waals surface area contributed by atoms with Gasteiger partial charge in [-0.25, -0.2) is 4.79 Å². The second kappa shape index (κ2) is 8.66. The molecule has 0 aliphatic rings. The molecule has 0 saturated heterocycles. The SMILES string of the molecule is COC(C([O-])=C(C#N)C(=O)OC(C)(C)C)c1ccccc1.[Li+]. The van der Waals surface area contributed by atoms with Crippen molar-refractivity contribution in [3.8, 4) is 6.07 Å². The molecule has 0 N–H and O–H groups in total. The van der Waals surface area contributed by atoms with Gasteiger partial charge >= 0.3 is 24.8 Å². The van der Waals surface area contributed by atoms with Crippen molar-refractivity contribution in [2.75, 3.05) is 7.11 Å². The minimum Gasteiger partial charge on any atom is -0.872 e. The molecule has 0 aliphatic carbocycles. The van der Waals surface area contributed by atoms with E-state index in [0.717, 1.165) is 0 Å². The molecule has 1 unspecified atom stereocenters. The molecule has 0 amide bonds. The van der Waals surface area contributed by atoms with E-state index in [-0.39, 0.29) is 18.9 Å². The number of hydrogen-bond donors (Lipinski definition) is 0. The Balaban J connectivity index is 0.00000441. The van der Waals surface area contributed by atoms with Gasteiger partial charge in [-0.05, 0) is 26.3 Å². The van der Waals surface area contributed by atoms with Gasteiger partial charge in [-0.2, -0.15) is 5.26 Å². The van der Waals surface area contributed by atoms with Crippen LogP contribution in [0.25, 0.3) is 0 Å². The van der Waals surface area contributed by atoms with E-state index in [1.54, 1.807) is 57.2 Å². The van der Waals surface area contributed by atoms with E-state index >= 15 is 0 Å². The second-order valence-electron chi connectivity index (χ2n) is 5.38. The summed E-state index contributed by atoms with van der Waals surface area (Å²) in [5, 5.41) is 21.4. The number of ether oxygens (including phenoxy) is 2. The molecular formula is C16H18LiNO4. The number of rotatable bonds is 4. The number of benzene rings is 1. The molecule has 0 heterocycles. The molecule has 5 nitrogen and oxygen atoms in total. The number of esters is 1. The minimum atomic E-state index is -1.01. The van der Waals surface area contributed by atoms with Crippen LogP contribution in [0.15, 0.2) is 41.7 Å². The summed E-state index contributed by atoms with van der Waals surface area (Å²) in [6.45, 7) is 4.99. The number of nitrogens with zero attached hydrogens (tertiary/aromatic N) is 1. The van der Waals surface area contributed by atoms with Crippen LogP contribution < -0.4 is 24.0 Å². The number of hydrogen-bond acceptors (Lipinski definition) is 5. The van der Waals surface area contributed by atoms with Gasteiger partial charge in [0.1, 0.15) is 17.2 Å². The summed E-state index contributed by atoms with van der Waals surface area (Å²) < 4.78 is 10.2. The van der Waals surface area contributed by atoms with Crippen molar-refractivity contribution >= 4 is 5.97 Å². The molecule has 0 aliphatic heterocycles. The van der Waals surface area contributed by atoms with Crippen LogP contribution in [0.3, 0.4) is 0 Å². The second-order valence-corrected chi connectivity index (χ2v) is 5.38. The van der Waals surface area contributed by atoms with Crippen molar-refractivity contribution in [1.82, 2.24) is 0 Å². The average molecular weight is 295 g/mol. The summed E-state index contributed by atoms with van der Waals surface area (Å²) in [6.07, 6.45) is -1.01. The van der Waals surface area contributed by atoms with Gasteiger partial charge in [0.2, 0.25) is 0 Å². The molecule has 1 rings (SSSR count). The van der Waals surface area contributed by atoms with E-state index in [1.165, 1.54) is 7.11 Å². The smallest absolute Gasteiger partial charge is 0.872 e. The van der Waals surface area contributed by atoms with Crippen molar-refractivity contribution in [1.29, 1.82) is 5.26 Å². The van der Waals surface area contributed by atoms with Crippen LogP contribution in [0.2, 0.25) is 0 Å². The molecular weight excluding hydrogens is 277 g/mol. The molecule has 0 radical (unpaired) electrons. The summed E-state index contributed by atoms with van der Waals surface area (Å²) in [5.74, 6) is -1.64. The van der Waals surface area contributed by atoms with Gasteiger partial charge < -0.3 is 14.6 Å². The molecule has 0 aromatic heterocycles. The van der Waals surface area contributed by atoms with Crippen LogP contribution in [0, 0.1) is 11.3 Å². The Kier molecular flexibility index (Phi) is 7.98.